The molecule has 10 nitrogen and oxygen atoms in total. The average molecular weight is 479 g/mol. The molecule has 1 aromatic carbocycles. The van der Waals surface area contributed by atoms with Gasteiger partial charge in [-0.25, -0.2) is 19.6 Å². The fraction of sp³-hybridized carbons (Fsp3) is 0.320. The van der Waals surface area contributed by atoms with E-state index in [1.165, 1.54) is 17.7 Å². The molecular formula is C25H26N4O6. The second-order valence-corrected chi connectivity index (χ2v) is 7.91. The molecule has 0 saturated carbocycles. The van der Waals surface area contributed by atoms with Crippen LogP contribution < -0.4 is 16.0 Å². The van der Waals surface area contributed by atoms with Crippen molar-refractivity contribution >= 4 is 17.0 Å². The minimum Gasteiger partial charge on any atom is -0.493 e. The zero-order valence-corrected chi connectivity index (χ0v) is 20.2. The lowest BCUT2D eigenvalue weighted by molar-refractivity contribution is 0.0528. The minimum absolute atomic E-state index is 0.0132. The number of fused-ring (bicyclic) bond motifs is 1. The summed E-state index contributed by atoms with van der Waals surface area (Å²) >= 11 is 0. The molecule has 0 saturated heterocycles. The predicted octanol–water partition coefficient (Wildman–Crippen LogP) is 2.99. The number of carbonyl (C=O) groups is 1. The number of carbonyl (C=O) groups excluding carboxylic acids is 1. The maximum atomic E-state index is 13.5. The van der Waals surface area contributed by atoms with Crippen molar-refractivity contribution in [3.05, 3.63) is 73.9 Å². The molecule has 0 spiro atoms. The molecule has 0 unspecified atom stereocenters. The highest BCUT2D eigenvalue weighted by Gasteiger charge is 2.23. The number of hydrogen-bond acceptors (Lipinski definition) is 8. The van der Waals surface area contributed by atoms with E-state index in [-0.39, 0.29) is 29.7 Å². The Morgan fingerprint density at radius 3 is 2.54 bits per heavy atom. The van der Waals surface area contributed by atoms with Crippen LogP contribution in [-0.2, 0) is 18.3 Å². The van der Waals surface area contributed by atoms with Gasteiger partial charge in [0.2, 0.25) is 5.89 Å². The van der Waals surface area contributed by atoms with E-state index in [1.54, 1.807) is 20.8 Å². The molecule has 0 aliphatic carbocycles. The number of nitrogens with zero attached hydrogens (tertiary/aromatic N) is 4. The monoisotopic (exact) mass is 478 g/mol. The molecule has 3 heterocycles. The lowest BCUT2D eigenvalue weighted by atomic mass is 10.1. The summed E-state index contributed by atoms with van der Waals surface area (Å²) in [5.74, 6) is 0.726. The van der Waals surface area contributed by atoms with Crippen LogP contribution in [-0.4, -0.2) is 38.3 Å². The second kappa shape index (κ2) is 9.57. The molecule has 0 N–H and O–H groups in total. The van der Waals surface area contributed by atoms with Gasteiger partial charge in [-0.15, -0.1) is 0 Å². The van der Waals surface area contributed by atoms with Gasteiger partial charge in [0.15, 0.2) is 0 Å². The van der Waals surface area contributed by atoms with E-state index in [0.29, 0.717) is 41.0 Å². The van der Waals surface area contributed by atoms with Gasteiger partial charge in [-0.1, -0.05) is 12.1 Å². The number of benzene rings is 1. The van der Waals surface area contributed by atoms with Crippen LogP contribution in [0.5, 0.6) is 5.75 Å². The Labute approximate surface area is 200 Å². The van der Waals surface area contributed by atoms with Crippen molar-refractivity contribution in [3.8, 4) is 17.2 Å². The maximum Gasteiger partial charge on any atom is 0.339 e. The number of oxazole rings is 1. The first-order valence-electron chi connectivity index (χ1n) is 11.2. The van der Waals surface area contributed by atoms with Gasteiger partial charge < -0.3 is 13.9 Å². The molecule has 0 fully saturated rings. The largest absolute Gasteiger partial charge is 0.493 e. The van der Waals surface area contributed by atoms with Crippen molar-refractivity contribution in [1.82, 2.24) is 19.1 Å². The number of aromatic nitrogens is 4. The molecule has 10 heteroatoms. The van der Waals surface area contributed by atoms with Crippen LogP contribution in [0.1, 0.15) is 41.4 Å². The molecule has 0 bridgehead atoms. The molecule has 0 radical (unpaired) electrons. The SMILES string of the molecule is CCOC(=O)c1cc(C)nc2c1c(=O)n(Cc1nc(-c3ccccc3OCC)oc1C)c(=O)n2C. The number of para-hydroxylation sites is 1. The van der Waals surface area contributed by atoms with Gasteiger partial charge in [0.05, 0.1) is 36.3 Å². The Bertz CT molecular complexity index is 1550. The summed E-state index contributed by atoms with van der Waals surface area (Å²) in [6.07, 6.45) is 0. The van der Waals surface area contributed by atoms with Crippen LogP contribution in [0.15, 0.2) is 44.3 Å². The number of hydrogen-bond donors (Lipinski definition) is 0. The molecule has 35 heavy (non-hydrogen) atoms. The number of pyridine rings is 1. The molecule has 3 aromatic heterocycles. The molecule has 0 aliphatic heterocycles. The summed E-state index contributed by atoms with van der Waals surface area (Å²) in [7, 11) is 1.50. The van der Waals surface area contributed by atoms with Gasteiger partial charge in [-0.05, 0) is 45.9 Å². The summed E-state index contributed by atoms with van der Waals surface area (Å²) in [6, 6.07) is 8.81. The van der Waals surface area contributed by atoms with Crippen molar-refractivity contribution < 1.29 is 18.7 Å². The zero-order valence-electron chi connectivity index (χ0n) is 20.2. The average Bonchev–Trinajstić information content (AvgIpc) is 3.20. The van der Waals surface area contributed by atoms with Crippen LogP contribution in [0, 0.1) is 13.8 Å². The van der Waals surface area contributed by atoms with Gasteiger partial charge in [-0.2, -0.15) is 0 Å². The van der Waals surface area contributed by atoms with Gasteiger partial charge in [0.25, 0.3) is 5.56 Å². The number of rotatable bonds is 7. The summed E-state index contributed by atoms with van der Waals surface area (Å²) in [5, 5.41) is 0.0132. The topological polar surface area (TPSA) is 118 Å². The summed E-state index contributed by atoms with van der Waals surface area (Å²) < 4.78 is 18.9. The van der Waals surface area contributed by atoms with Crippen LogP contribution in [0.2, 0.25) is 0 Å². The van der Waals surface area contributed by atoms with Gasteiger partial charge in [-0.3, -0.25) is 13.9 Å². The highest BCUT2D eigenvalue weighted by molar-refractivity contribution is 6.02. The van der Waals surface area contributed by atoms with Crippen LogP contribution in [0.25, 0.3) is 22.5 Å². The number of esters is 1. The highest BCUT2D eigenvalue weighted by atomic mass is 16.5. The van der Waals surface area contributed by atoms with E-state index in [9.17, 15) is 14.4 Å². The van der Waals surface area contributed by atoms with E-state index >= 15 is 0 Å². The molecule has 0 atom stereocenters. The smallest absolute Gasteiger partial charge is 0.339 e. The van der Waals surface area contributed by atoms with E-state index in [4.69, 9.17) is 13.9 Å². The predicted molar refractivity (Wildman–Crippen MR) is 129 cm³/mol. The molecule has 182 valence electrons. The summed E-state index contributed by atoms with van der Waals surface area (Å²) in [5.41, 5.74) is 0.479. The van der Waals surface area contributed by atoms with Crippen molar-refractivity contribution in [2.45, 2.75) is 34.2 Å². The van der Waals surface area contributed by atoms with E-state index < -0.39 is 17.2 Å². The first-order valence-corrected chi connectivity index (χ1v) is 11.2. The van der Waals surface area contributed by atoms with E-state index in [2.05, 4.69) is 9.97 Å². The van der Waals surface area contributed by atoms with Gasteiger partial charge in [0, 0.05) is 12.7 Å². The third kappa shape index (κ3) is 4.34. The summed E-state index contributed by atoms with van der Waals surface area (Å²) in [6.45, 7) is 7.42. The Hall–Kier alpha value is -4.21. The third-order valence-corrected chi connectivity index (χ3v) is 5.54. The van der Waals surface area contributed by atoms with Crippen molar-refractivity contribution in [2.75, 3.05) is 13.2 Å². The number of ether oxygens (including phenoxy) is 2. The minimum atomic E-state index is -0.655. The van der Waals surface area contributed by atoms with Crippen molar-refractivity contribution in [2.24, 2.45) is 7.05 Å². The third-order valence-electron chi connectivity index (χ3n) is 5.54. The lowest BCUT2D eigenvalue weighted by Crippen LogP contribution is -2.40. The molecule has 4 aromatic rings. The van der Waals surface area contributed by atoms with Crippen LogP contribution >= 0.6 is 0 Å². The normalized spacial score (nSPS) is 11.1. The first kappa shape index (κ1) is 23.9. The van der Waals surface area contributed by atoms with E-state index in [1.807, 2.05) is 31.2 Å². The number of aryl methyl sites for hydroxylation is 3. The maximum absolute atomic E-state index is 13.5. The van der Waals surface area contributed by atoms with Crippen molar-refractivity contribution in [1.29, 1.82) is 0 Å². The van der Waals surface area contributed by atoms with Gasteiger partial charge >= 0.3 is 11.7 Å². The Morgan fingerprint density at radius 2 is 1.83 bits per heavy atom. The molecular weight excluding hydrogens is 452 g/mol. The quantitative estimate of drug-likeness (QED) is 0.372. The Kier molecular flexibility index (Phi) is 6.54. The fourth-order valence-electron chi connectivity index (χ4n) is 3.88. The molecule has 0 aliphatic rings. The van der Waals surface area contributed by atoms with Crippen LogP contribution in [0.4, 0.5) is 0 Å². The first-order chi connectivity index (χ1) is 16.8. The standard InChI is InChI=1S/C25H26N4O6/c1-6-33-19-11-9-8-10-16(19)22-27-18(15(4)35-22)13-29-23(30)20-17(24(31)34-7-2)12-14(3)26-21(20)28(5)25(29)32/h8-12H,6-7,13H2,1-5H3. The van der Waals surface area contributed by atoms with Gasteiger partial charge in [0.1, 0.15) is 22.9 Å². The molecule has 0 amide bonds. The van der Waals surface area contributed by atoms with E-state index in [0.717, 1.165) is 4.57 Å². The Morgan fingerprint density at radius 1 is 1.09 bits per heavy atom. The van der Waals surface area contributed by atoms with Crippen LogP contribution in [0.3, 0.4) is 0 Å². The summed E-state index contributed by atoms with van der Waals surface area (Å²) in [4.78, 5) is 48.1. The zero-order chi connectivity index (χ0) is 25.3. The fourth-order valence-corrected chi connectivity index (χ4v) is 3.88. The highest BCUT2D eigenvalue weighted by Crippen LogP contribution is 2.30. The lowest BCUT2D eigenvalue weighted by Gasteiger charge is -2.12. The second-order valence-electron chi connectivity index (χ2n) is 7.91. The molecule has 4 rings (SSSR count). The van der Waals surface area contributed by atoms with Crippen molar-refractivity contribution in [3.63, 3.8) is 0 Å². The Balaban J connectivity index is 1.86.